The van der Waals surface area contributed by atoms with Gasteiger partial charge in [-0.3, -0.25) is 5.32 Å². The normalized spacial score (nSPS) is 11.5. The number of hydrogen-bond donors (Lipinski definition) is 1. The number of rotatable bonds is 0. The van der Waals surface area contributed by atoms with Crippen molar-refractivity contribution in [3.05, 3.63) is 18.3 Å². The second-order valence-electron chi connectivity index (χ2n) is 2.34. The molecule has 1 aromatic heterocycles. The summed E-state index contributed by atoms with van der Waals surface area (Å²) >= 11 is 0. The summed E-state index contributed by atoms with van der Waals surface area (Å²) < 4.78 is 0. The lowest BCUT2D eigenvalue weighted by Gasteiger charge is -1.86. The molecule has 1 aliphatic heterocycles. The van der Waals surface area contributed by atoms with Crippen LogP contribution in [0.15, 0.2) is 23.3 Å². The molecular weight excluding hydrogens is 170 g/mol. The minimum atomic E-state index is -1.08. The van der Waals surface area contributed by atoms with Crippen LogP contribution >= 0.6 is 0 Å². The highest BCUT2D eigenvalue weighted by atomic mass is 16.4. The predicted octanol–water partition coefficient (Wildman–Crippen LogP) is -1.29. The van der Waals surface area contributed by atoms with Crippen molar-refractivity contribution in [3.8, 4) is 0 Å². The van der Waals surface area contributed by atoms with Gasteiger partial charge in [0, 0.05) is 12.2 Å². The van der Waals surface area contributed by atoms with E-state index < -0.39 is 5.97 Å². The predicted molar refractivity (Wildman–Crippen MR) is 44.7 cm³/mol. The van der Waals surface area contributed by atoms with Crippen LogP contribution in [0, 0.1) is 0 Å². The summed E-state index contributed by atoms with van der Waals surface area (Å²) in [6, 6.07) is 3.83. The van der Waals surface area contributed by atoms with E-state index >= 15 is 0 Å². The number of carbonyl (C=O) groups excluding carboxylic acids is 1. The number of aliphatic imine (C=N–C) groups is 1. The van der Waals surface area contributed by atoms with E-state index in [9.17, 15) is 0 Å². The van der Waals surface area contributed by atoms with E-state index in [4.69, 9.17) is 9.90 Å². The van der Waals surface area contributed by atoms with Gasteiger partial charge < -0.3 is 9.90 Å². The molecule has 0 fully saturated rings. The number of aliphatic carboxylic acids is 1. The Kier molecular flexibility index (Phi) is 3.10. The highest BCUT2D eigenvalue weighted by Crippen LogP contribution is 2.17. The quantitative estimate of drug-likeness (QED) is 0.537. The Morgan fingerprint density at radius 1 is 1.62 bits per heavy atom. The van der Waals surface area contributed by atoms with Crippen molar-refractivity contribution in [1.82, 2.24) is 4.98 Å². The molecule has 68 valence electrons. The summed E-state index contributed by atoms with van der Waals surface area (Å²) in [5.41, 5.74) is 0.970. The number of carboxylic acids is 1. The Hall–Kier alpha value is -1.75. The van der Waals surface area contributed by atoms with Gasteiger partial charge in [-0.25, -0.2) is 4.98 Å². The molecule has 0 radical (unpaired) electrons. The smallest absolute Gasteiger partial charge is 0.256 e. The van der Waals surface area contributed by atoms with Crippen LogP contribution in [0.2, 0.25) is 0 Å². The molecule has 0 saturated heterocycles. The average molecular weight is 179 g/mol. The zero-order chi connectivity index (χ0) is 9.68. The van der Waals surface area contributed by atoms with E-state index in [0.29, 0.717) is 0 Å². The Bertz CT molecular complexity index is 332. The number of aromatic nitrogens is 1. The Balaban J connectivity index is 0.000000184. The van der Waals surface area contributed by atoms with Crippen molar-refractivity contribution in [2.24, 2.45) is 4.99 Å². The Labute approximate surface area is 75.1 Å². The monoisotopic (exact) mass is 179 g/mol. The van der Waals surface area contributed by atoms with E-state index in [1.54, 1.807) is 12.5 Å². The first kappa shape index (κ1) is 9.34. The molecule has 2 heterocycles. The maximum absolute atomic E-state index is 8.89. The third-order valence-electron chi connectivity index (χ3n) is 1.26. The van der Waals surface area contributed by atoms with Crippen molar-refractivity contribution in [2.45, 2.75) is 6.92 Å². The number of fused-ring (bicyclic) bond motifs is 1. The summed E-state index contributed by atoms with van der Waals surface area (Å²) in [5, 5.41) is 10.8. The SMILES string of the molecule is C1=Nc2cccnc2[NH2+]1.CC(=O)[O-]. The van der Waals surface area contributed by atoms with Gasteiger partial charge >= 0.3 is 0 Å². The largest absolute Gasteiger partial charge is 0.550 e. The van der Waals surface area contributed by atoms with Crippen LogP contribution in [0.3, 0.4) is 0 Å². The standard InChI is InChI=1S/C6H5N3.C2H4O2/c1-2-5-6(7-3-1)9-4-8-5;1-2(3)4/h1-4H,(H,7,8,9);1H3,(H,3,4). The molecule has 0 saturated carbocycles. The third kappa shape index (κ3) is 3.00. The molecule has 0 spiro atoms. The maximum Gasteiger partial charge on any atom is 0.256 e. The van der Waals surface area contributed by atoms with Gasteiger partial charge in [0.05, 0.1) is 0 Å². The van der Waals surface area contributed by atoms with Crippen molar-refractivity contribution in [1.29, 1.82) is 0 Å². The van der Waals surface area contributed by atoms with E-state index in [-0.39, 0.29) is 0 Å². The first-order chi connectivity index (χ1) is 6.20. The minimum absolute atomic E-state index is 0.970. The van der Waals surface area contributed by atoms with Gasteiger partial charge in [0.25, 0.3) is 5.82 Å². The maximum atomic E-state index is 8.89. The lowest BCUT2D eigenvalue weighted by Crippen LogP contribution is -2.74. The summed E-state index contributed by atoms with van der Waals surface area (Å²) in [7, 11) is 0. The van der Waals surface area contributed by atoms with Crippen LogP contribution in [-0.2, 0) is 4.79 Å². The number of nitrogens with two attached hydrogens (primary N) is 1. The molecule has 2 N–H and O–H groups in total. The van der Waals surface area contributed by atoms with Gasteiger partial charge in [-0.15, -0.1) is 0 Å². The second-order valence-corrected chi connectivity index (χ2v) is 2.34. The zero-order valence-electron chi connectivity index (χ0n) is 7.10. The minimum Gasteiger partial charge on any atom is -0.550 e. The molecule has 1 aromatic rings. The molecule has 0 atom stereocenters. The van der Waals surface area contributed by atoms with Crippen molar-refractivity contribution < 1.29 is 15.2 Å². The van der Waals surface area contributed by atoms with E-state index in [1.807, 2.05) is 17.4 Å². The highest BCUT2D eigenvalue weighted by Gasteiger charge is 2.08. The van der Waals surface area contributed by atoms with Gasteiger partial charge in [0.15, 0.2) is 12.0 Å². The van der Waals surface area contributed by atoms with E-state index in [2.05, 4.69) is 9.98 Å². The molecule has 0 amide bonds. The molecular formula is C8H9N3O2. The van der Waals surface area contributed by atoms with Gasteiger partial charge in [-0.2, -0.15) is 4.99 Å². The topological polar surface area (TPSA) is 82.0 Å². The van der Waals surface area contributed by atoms with Gasteiger partial charge in [-0.05, 0) is 19.1 Å². The van der Waals surface area contributed by atoms with Crippen LogP contribution in [0.1, 0.15) is 6.92 Å². The third-order valence-corrected chi connectivity index (χ3v) is 1.26. The number of nitrogens with zero attached hydrogens (tertiary/aromatic N) is 2. The fourth-order valence-electron chi connectivity index (χ4n) is 0.835. The van der Waals surface area contributed by atoms with E-state index in [1.165, 1.54) is 0 Å². The fraction of sp³-hybridized carbons (Fsp3) is 0.125. The molecule has 13 heavy (non-hydrogen) atoms. The van der Waals surface area contributed by atoms with Crippen LogP contribution in [0.25, 0.3) is 0 Å². The van der Waals surface area contributed by atoms with Crippen LogP contribution in [-0.4, -0.2) is 17.3 Å². The van der Waals surface area contributed by atoms with Gasteiger partial charge in [0.2, 0.25) is 0 Å². The molecule has 1 aliphatic rings. The fourth-order valence-corrected chi connectivity index (χ4v) is 0.835. The second kappa shape index (κ2) is 4.32. The Morgan fingerprint density at radius 3 is 2.92 bits per heavy atom. The van der Waals surface area contributed by atoms with Crippen LogP contribution in [0.5, 0.6) is 0 Å². The lowest BCUT2D eigenvalue weighted by molar-refractivity contribution is -0.432. The van der Waals surface area contributed by atoms with Crippen molar-refractivity contribution in [3.63, 3.8) is 0 Å². The molecule has 5 heteroatoms. The molecule has 2 rings (SSSR count). The van der Waals surface area contributed by atoms with Gasteiger partial charge in [-0.1, -0.05) is 0 Å². The van der Waals surface area contributed by atoms with Crippen LogP contribution in [0.4, 0.5) is 11.5 Å². The molecule has 0 bridgehead atoms. The van der Waals surface area contributed by atoms with E-state index in [0.717, 1.165) is 18.4 Å². The lowest BCUT2D eigenvalue weighted by atomic mass is 10.4. The number of hydrogen-bond acceptors (Lipinski definition) is 4. The molecule has 0 unspecified atom stereocenters. The van der Waals surface area contributed by atoms with Crippen molar-refractivity contribution in [2.75, 3.05) is 0 Å². The number of carbonyl (C=O) groups is 1. The van der Waals surface area contributed by atoms with Crippen molar-refractivity contribution >= 4 is 23.8 Å². The first-order valence-electron chi connectivity index (χ1n) is 3.70. The summed E-state index contributed by atoms with van der Waals surface area (Å²) in [6.07, 6.45) is 3.53. The summed E-state index contributed by atoms with van der Waals surface area (Å²) in [6.45, 7) is 0.972. The number of carboxylic acid groups (broad SMARTS) is 1. The molecule has 5 nitrogen and oxygen atoms in total. The van der Waals surface area contributed by atoms with Crippen LogP contribution < -0.4 is 10.4 Å². The average Bonchev–Trinajstić information content (AvgIpc) is 2.49. The number of pyridine rings is 1. The Morgan fingerprint density at radius 2 is 2.31 bits per heavy atom. The zero-order valence-corrected chi connectivity index (χ0v) is 7.10. The number of quaternary nitrogens is 1. The van der Waals surface area contributed by atoms with Gasteiger partial charge in [0.1, 0.15) is 0 Å². The summed E-state index contributed by atoms with van der Waals surface area (Å²) in [4.78, 5) is 17.0. The molecule has 0 aromatic carbocycles. The summed E-state index contributed by atoms with van der Waals surface area (Å²) in [5.74, 6) is -0.113. The molecule has 0 aliphatic carbocycles. The highest BCUT2D eigenvalue weighted by molar-refractivity contribution is 5.67. The first-order valence-corrected chi connectivity index (χ1v) is 3.70.